The molecule has 0 atom stereocenters. The number of hydrogen-bond acceptors (Lipinski definition) is 4. The van der Waals surface area contributed by atoms with Crippen LogP contribution in [0, 0.1) is 58.2 Å². The molecule has 0 aliphatic heterocycles. The highest BCUT2D eigenvalue weighted by Gasteiger charge is 2.29. The molecule has 0 N–H and O–H groups in total. The molecule has 44 heavy (non-hydrogen) atoms. The molecular formula is C30H12F10N2O2. The van der Waals surface area contributed by atoms with E-state index in [-0.39, 0.29) is 11.5 Å². The van der Waals surface area contributed by atoms with Gasteiger partial charge in [-0.25, -0.2) is 26.3 Å². The Balaban J connectivity index is 0.000000175. The zero-order valence-electron chi connectivity index (χ0n) is 21.4. The largest absolute Gasteiger partial charge is 0.450 e. The summed E-state index contributed by atoms with van der Waals surface area (Å²) in [5.41, 5.74) is 0.896. The second-order valence-electron chi connectivity index (χ2n) is 8.65. The van der Waals surface area contributed by atoms with E-state index < -0.39 is 69.7 Å². The highest BCUT2D eigenvalue weighted by molar-refractivity contribution is 5.85. The zero-order chi connectivity index (χ0) is 31.7. The quantitative estimate of drug-likeness (QED) is 0.112. The van der Waals surface area contributed by atoms with Gasteiger partial charge in [0.1, 0.15) is 11.5 Å². The number of halogens is 10. The Kier molecular flexibility index (Phi) is 8.25. The average molecular weight is 622 g/mol. The van der Waals surface area contributed by atoms with Gasteiger partial charge in [-0.15, -0.1) is 0 Å². The van der Waals surface area contributed by atoms with Gasteiger partial charge in [-0.05, 0) is 48.5 Å². The van der Waals surface area contributed by atoms with Gasteiger partial charge in [0.05, 0.1) is 11.0 Å². The van der Waals surface area contributed by atoms with Crippen LogP contribution in [0.15, 0.2) is 73.1 Å². The SMILES string of the molecule is Fc1c(F)c(F)c(Oc2cccc3ncccc23)c(F)c1F.Fc1c(F)c(F)c(Oc2cccc3ncccc23)c(F)c1F. The first-order valence-electron chi connectivity index (χ1n) is 12.1. The third kappa shape index (κ3) is 5.41. The van der Waals surface area contributed by atoms with Crippen LogP contribution in [-0.4, -0.2) is 9.97 Å². The molecule has 0 aliphatic carbocycles. The number of fused-ring (bicyclic) bond motifs is 2. The molecule has 4 aromatic carbocycles. The van der Waals surface area contributed by atoms with Crippen LogP contribution in [0.4, 0.5) is 43.9 Å². The standard InChI is InChI=1S/2C15H6F5NO/c2*16-10-11(17)13(19)15(14(20)12(10)18)22-9-5-1-4-8-7(9)3-2-6-21-8/h2*1-6H. The van der Waals surface area contributed by atoms with E-state index in [0.29, 0.717) is 21.8 Å². The highest BCUT2D eigenvalue weighted by Crippen LogP contribution is 2.36. The monoisotopic (exact) mass is 622 g/mol. The third-order valence-corrected chi connectivity index (χ3v) is 5.97. The smallest absolute Gasteiger partial charge is 0.207 e. The van der Waals surface area contributed by atoms with Crippen molar-refractivity contribution in [2.75, 3.05) is 0 Å². The Hall–Kier alpha value is -5.40. The van der Waals surface area contributed by atoms with Crippen LogP contribution in [0.2, 0.25) is 0 Å². The second-order valence-corrected chi connectivity index (χ2v) is 8.65. The molecule has 6 rings (SSSR count). The van der Waals surface area contributed by atoms with Crippen molar-refractivity contribution in [1.82, 2.24) is 9.97 Å². The predicted octanol–water partition coefficient (Wildman–Crippen LogP) is 9.45. The molecule has 0 saturated heterocycles. The molecule has 0 saturated carbocycles. The van der Waals surface area contributed by atoms with Crippen molar-refractivity contribution < 1.29 is 53.4 Å². The highest BCUT2D eigenvalue weighted by atomic mass is 19.2. The van der Waals surface area contributed by atoms with Gasteiger partial charge in [-0.2, -0.15) is 17.6 Å². The summed E-state index contributed by atoms with van der Waals surface area (Å²) in [7, 11) is 0. The fraction of sp³-hybridized carbons (Fsp3) is 0. The van der Waals surface area contributed by atoms with Crippen molar-refractivity contribution in [2.24, 2.45) is 0 Å². The summed E-state index contributed by atoms with van der Waals surface area (Å²) in [5, 5.41) is 0.739. The predicted molar refractivity (Wildman–Crippen MR) is 136 cm³/mol. The summed E-state index contributed by atoms with van der Waals surface area (Å²) in [5.74, 6) is -23.7. The first-order chi connectivity index (χ1) is 21.0. The van der Waals surface area contributed by atoms with Gasteiger partial charge in [0.15, 0.2) is 0 Å². The molecule has 0 spiro atoms. The topological polar surface area (TPSA) is 44.2 Å². The Morgan fingerprint density at radius 1 is 0.364 bits per heavy atom. The molecule has 2 aromatic heterocycles. The van der Waals surface area contributed by atoms with Crippen molar-refractivity contribution in [3.63, 3.8) is 0 Å². The molecule has 0 aliphatic rings. The van der Waals surface area contributed by atoms with Gasteiger partial charge in [-0.1, -0.05) is 12.1 Å². The molecule has 4 nitrogen and oxygen atoms in total. The van der Waals surface area contributed by atoms with Gasteiger partial charge >= 0.3 is 0 Å². The van der Waals surface area contributed by atoms with Crippen LogP contribution in [0.5, 0.6) is 23.0 Å². The summed E-state index contributed by atoms with van der Waals surface area (Å²) in [6.07, 6.45) is 2.98. The Bertz CT molecular complexity index is 1840. The summed E-state index contributed by atoms with van der Waals surface area (Å²) in [6.45, 7) is 0. The fourth-order valence-electron chi connectivity index (χ4n) is 3.90. The van der Waals surface area contributed by atoms with Crippen LogP contribution in [-0.2, 0) is 0 Å². The van der Waals surface area contributed by atoms with E-state index in [9.17, 15) is 43.9 Å². The van der Waals surface area contributed by atoms with E-state index in [0.717, 1.165) is 0 Å². The van der Waals surface area contributed by atoms with Crippen LogP contribution in [0.25, 0.3) is 21.8 Å². The number of nitrogens with zero attached hydrogens (tertiary/aromatic N) is 2. The lowest BCUT2D eigenvalue weighted by Gasteiger charge is -2.11. The molecule has 0 radical (unpaired) electrons. The van der Waals surface area contributed by atoms with Gasteiger partial charge < -0.3 is 9.47 Å². The van der Waals surface area contributed by atoms with Gasteiger partial charge in [-0.3, -0.25) is 9.97 Å². The minimum atomic E-state index is -2.23. The summed E-state index contributed by atoms with van der Waals surface area (Å²) in [4.78, 5) is 8.00. The summed E-state index contributed by atoms with van der Waals surface area (Å²) >= 11 is 0. The van der Waals surface area contributed by atoms with Gasteiger partial charge in [0.2, 0.25) is 69.7 Å². The van der Waals surface area contributed by atoms with E-state index in [1.165, 1.54) is 36.7 Å². The molecule has 6 aromatic rings. The number of pyridine rings is 2. The number of rotatable bonds is 4. The van der Waals surface area contributed by atoms with E-state index in [2.05, 4.69) is 9.97 Å². The maximum Gasteiger partial charge on any atom is 0.207 e. The lowest BCUT2D eigenvalue weighted by Crippen LogP contribution is -2.04. The van der Waals surface area contributed by atoms with E-state index in [4.69, 9.17) is 9.47 Å². The minimum Gasteiger partial charge on any atom is -0.450 e. The first kappa shape index (κ1) is 30.1. The lowest BCUT2D eigenvalue weighted by atomic mass is 10.2. The minimum absolute atomic E-state index is 0.0752. The number of benzene rings is 4. The Morgan fingerprint density at radius 3 is 1.02 bits per heavy atom. The molecular weight excluding hydrogens is 610 g/mol. The van der Waals surface area contributed by atoms with Crippen molar-refractivity contribution in [1.29, 1.82) is 0 Å². The molecule has 0 unspecified atom stereocenters. The normalized spacial score (nSPS) is 11.0. The Labute approximate surface area is 239 Å². The molecule has 0 fully saturated rings. The third-order valence-electron chi connectivity index (χ3n) is 5.97. The molecule has 0 amide bonds. The van der Waals surface area contributed by atoms with Crippen molar-refractivity contribution in [2.45, 2.75) is 0 Å². The maximum atomic E-state index is 13.6. The van der Waals surface area contributed by atoms with E-state index in [1.54, 1.807) is 36.4 Å². The van der Waals surface area contributed by atoms with Crippen LogP contribution >= 0.6 is 0 Å². The van der Waals surface area contributed by atoms with E-state index >= 15 is 0 Å². The lowest BCUT2D eigenvalue weighted by molar-refractivity contribution is 0.333. The molecule has 224 valence electrons. The molecule has 14 heteroatoms. The van der Waals surface area contributed by atoms with Crippen LogP contribution < -0.4 is 9.47 Å². The second kappa shape index (κ2) is 12.1. The Morgan fingerprint density at radius 2 is 0.682 bits per heavy atom. The van der Waals surface area contributed by atoms with E-state index in [1.807, 2.05) is 0 Å². The molecule has 2 heterocycles. The van der Waals surface area contributed by atoms with Crippen LogP contribution in [0.3, 0.4) is 0 Å². The fourth-order valence-corrected chi connectivity index (χ4v) is 3.90. The first-order valence-corrected chi connectivity index (χ1v) is 12.1. The number of aromatic nitrogens is 2. The van der Waals surface area contributed by atoms with Crippen molar-refractivity contribution >= 4 is 21.8 Å². The van der Waals surface area contributed by atoms with Gasteiger partial charge in [0, 0.05) is 23.2 Å². The number of ether oxygens (including phenoxy) is 2. The zero-order valence-corrected chi connectivity index (χ0v) is 21.4. The van der Waals surface area contributed by atoms with Gasteiger partial charge in [0.25, 0.3) is 0 Å². The summed E-state index contributed by atoms with van der Waals surface area (Å²) < 4.78 is 143. The van der Waals surface area contributed by atoms with Crippen molar-refractivity contribution in [3.8, 4) is 23.0 Å². The number of hydrogen-bond donors (Lipinski definition) is 0. The summed E-state index contributed by atoms with van der Waals surface area (Å²) in [6, 6.07) is 15.0. The van der Waals surface area contributed by atoms with Crippen molar-refractivity contribution in [3.05, 3.63) is 131 Å². The average Bonchev–Trinajstić information content (AvgIpc) is 3.05. The molecule has 0 bridgehead atoms. The van der Waals surface area contributed by atoms with Crippen LogP contribution in [0.1, 0.15) is 0 Å². The maximum absolute atomic E-state index is 13.6.